The molecule has 1 aromatic rings. The van der Waals surface area contributed by atoms with Gasteiger partial charge in [-0.15, -0.1) is 23.5 Å². The van der Waals surface area contributed by atoms with Gasteiger partial charge in [0.05, 0.1) is 5.36 Å². The highest BCUT2D eigenvalue weighted by molar-refractivity contribution is 8.17. The molecule has 2 bridgehead atoms. The Balaban J connectivity index is 0.000000276. The molecule has 58 heavy (non-hydrogen) atoms. The minimum absolute atomic E-state index is 0.860. The SMILES string of the molecule is CN=C(C)/C(C)=C(\C)C/C(C)=C(\C)C(C)=NC.CN=C(C)C(C)=C(C)C.CN=C1N=C(C)C(C)=C2CC(C)=C12.CN=C1N=c2cc(C)c(C)c3c2=CC1=C(C)SCS3. The van der Waals surface area contributed by atoms with E-state index in [9.17, 15) is 0 Å². The van der Waals surface area contributed by atoms with Crippen LogP contribution in [-0.4, -0.2) is 74.8 Å². The smallest absolute Gasteiger partial charge is 0.155 e. The molecule has 0 N–H and O–H groups in total. The van der Waals surface area contributed by atoms with E-state index in [2.05, 4.69) is 146 Å². The average Bonchev–Trinajstić information content (AvgIpc) is 3.20. The number of allylic oxidation sites excluding steroid dienone is 9. The van der Waals surface area contributed by atoms with E-state index in [1.54, 1.807) is 0 Å². The van der Waals surface area contributed by atoms with E-state index in [1.165, 1.54) is 87.5 Å². The average molecular weight is 822 g/mol. The van der Waals surface area contributed by atoms with Crippen LogP contribution in [0.4, 0.5) is 0 Å². The van der Waals surface area contributed by atoms with Crippen molar-refractivity contribution < 1.29 is 0 Å². The monoisotopic (exact) mass is 822 g/mol. The first-order valence-corrected chi connectivity index (χ1v) is 22.0. The van der Waals surface area contributed by atoms with Gasteiger partial charge in [0.25, 0.3) is 0 Å². The van der Waals surface area contributed by atoms with Gasteiger partial charge in [-0.2, -0.15) is 0 Å². The highest BCUT2D eigenvalue weighted by atomic mass is 32.2. The third kappa shape index (κ3) is 12.5. The van der Waals surface area contributed by atoms with Gasteiger partial charge >= 0.3 is 0 Å². The van der Waals surface area contributed by atoms with Crippen LogP contribution in [0.15, 0.2) is 112 Å². The molecule has 314 valence electrons. The van der Waals surface area contributed by atoms with E-state index in [1.807, 2.05) is 65.7 Å². The summed E-state index contributed by atoms with van der Waals surface area (Å²) in [5, 5.41) is 3.39. The van der Waals surface area contributed by atoms with E-state index in [-0.39, 0.29) is 0 Å². The minimum Gasteiger partial charge on any atom is -0.293 e. The number of fused-ring (bicyclic) bond motifs is 2. The topological polar surface area (TPSA) is 86.5 Å². The van der Waals surface area contributed by atoms with Gasteiger partial charge in [-0.25, -0.2) is 9.98 Å². The van der Waals surface area contributed by atoms with Crippen molar-refractivity contribution in [1.29, 1.82) is 0 Å². The molecule has 0 amide bonds. The second kappa shape index (κ2) is 23.0. The van der Waals surface area contributed by atoms with Gasteiger partial charge < -0.3 is 0 Å². The summed E-state index contributed by atoms with van der Waals surface area (Å²) in [6.07, 6.45) is 4.38. The summed E-state index contributed by atoms with van der Waals surface area (Å²) in [5.41, 5.74) is 21.9. The van der Waals surface area contributed by atoms with Crippen LogP contribution in [0.5, 0.6) is 0 Å². The first-order valence-electron chi connectivity index (χ1n) is 20.1. The molecule has 5 rings (SSSR count). The summed E-state index contributed by atoms with van der Waals surface area (Å²) in [5.74, 6) is 1.78. The molecular weight excluding hydrogens is 751 g/mol. The summed E-state index contributed by atoms with van der Waals surface area (Å²) in [4.78, 5) is 33.0. The molecule has 9 heteroatoms. The molecule has 3 aliphatic heterocycles. The highest BCUT2D eigenvalue weighted by Crippen LogP contribution is 2.40. The summed E-state index contributed by atoms with van der Waals surface area (Å²) >= 11 is 3.81. The second-order valence-corrected chi connectivity index (χ2v) is 18.0. The van der Waals surface area contributed by atoms with Crippen LogP contribution in [0, 0.1) is 13.8 Å². The third-order valence-electron chi connectivity index (χ3n) is 11.7. The fourth-order valence-corrected chi connectivity index (χ4v) is 8.85. The number of aryl methyl sites for hydroxylation is 1. The van der Waals surface area contributed by atoms with Gasteiger partial charge in [0, 0.05) is 84.4 Å². The number of rotatable bonds is 5. The normalized spacial score (nSPS) is 18.6. The number of benzene rings is 1. The Morgan fingerprint density at radius 2 is 1.17 bits per heavy atom. The summed E-state index contributed by atoms with van der Waals surface area (Å²) < 4.78 is 0. The van der Waals surface area contributed by atoms with Crippen LogP contribution in [0.2, 0.25) is 0 Å². The lowest BCUT2D eigenvalue weighted by atomic mass is 9.78. The van der Waals surface area contributed by atoms with Crippen LogP contribution in [0.1, 0.15) is 121 Å². The third-order valence-corrected chi connectivity index (χ3v) is 14.1. The Bertz CT molecular complexity index is 2250. The van der Waals surface area contributed by atoms with Gasteiger partial charge in [0.15, 0.2) is 11.7 Å². The van der Waals surface area contributed by atoms with Crippen LogP contribution in [-0.2, 0) is 0 Å². The van der Waals surface area contributed by atoms with E-state index in [0.29, 0.717) is 0 Å². The molecule has 0 saturated carbocycles. The first kappa shape index (κ1) is 50.2. The van der Waals surface area contributed by atoms with E-state index in [0.717, 1.165) is 57.8 Å². The van der Waals surface area contributed by atoms with Crippen molar-refractivity contribution in [2.75, 3.05) is 40.3 Å². The zero-order valence-corrected chi connectivity index (χ0v) is 41.4. The van der Waals surface area contributed by atoms with Crippen molar-refractivity contribution in [1.82, 2.24) is 0 Å². The van der Waals surface area contributed by atoms with Crippen molar-refractivity contribution in [2.45, 2.75) is 129 Å². The van der Waals surface area contributed by atoms with Crippen LogP contribution < -0.4 is 10.6 Å². The predicted octanol–water partition coefficient (Wildman–Crippen LogP) is 12.0. The molecule has 0 radical (unpaired) electrons. The van der Waals surface area contributed by atoms with E-state index < -0.39 is 0 Å². The maximum atomic E-state index is 4.75. The standard InChI is InChI=1S/C15H16N2S2.C15H26N2.C11H14N2.C8H15N/c1-8-5-13-12-6-11(15(16-4)17-13)10(3)18-7-19-14(12)9(8)2;1-10(12(3)14(5)16-7)9-11(2)13(4)15(6)17-8;1-6-5-9-7(2)8(3)13-11(12-4)10(6)9;1-6(2)7(3)8(4)9-5/h5-6H,7H2,1-4H3;9H2,1-8H3;5H2,1-4H3;1-5H3/b;12-10+,13-11+,16-14?,17-15?;;. The van der Waals surface area contributed by atoms with E-state index >= 15 is 0 Å². The summed E-state index contributed by atoms with van der Waals surface area (Å²) in [7, 11) is 9.13. The predicted molar refractivity (Wildman–Crippen MR) is 265 cm³/mol. The van der Waals surface area contributed by atoms with Crippen LogP contribution in [0.3, 0.4) is 0 Å². The quantitative estimate of drug-likeness (QED) is 0.277. The summed E-state index contributed by atoms with van der Waals surface area (Å²) in [6, 6.07) is 2.18. The van der Waals surface area contributed by atoms with E-state index in [4.69, 9.17) is 4.99 Å². The molecule has 7 nitrogen and oxygen atoms in total. The number of hydrogen-bond acceptors (Lipinski definition) is 7. The number of dihydropyridines is 1. The molecule has 0 aromatic heterocycles. The fraction of sp³-hybridized carbons (Fsp3) is 0.490. The lowest BCUT2D eigenvalue weighted by Gasteiger charge is -2.30. The van der Waals surface area contributed by atoms with Gasteiger partial charge in [0.2, 0.25) is 0 Å². The molecule has 0 fully saturated rings. The Kier molecular flexibility index (Phi) is 19.9. The van der Waals surface area contributed by atoms with Gasteiger partial charge in [-0.1, -0.05) is 22.3 Å². The molecule has 0 spiro atoms. The Morgan fingerprint density at radius 3 is 1.62 bits per heavy atom. The Morgan fingerprint density at radius 1 is 0.655 bits per heavy atom. The zero-order chi connectivity index (χ0) is 44.2. The van der Waals surface area contributed by atoms with Crippen molar-refractivity contribution >= 4 is 64.1 Å². The maximum absolute atomic E-state index is 4.75. The van der Waals surface area contributed by atoms with Gasteiger partial charge in [-0.3, -0.25) is 25.0 Å². The Hall–Kier alpha value is -3.95. The Labute approximate surface area is 360 Å². The summed E-state index contributed by atoms with van der Waals surface area (Å²) in [6.45, 7) is 34.0. The molecule has 3 heterocycles. The highest BCUT2D eigenvalue weighted by Gasteiger charge is 2.29. The molecular formula is C49H71N7S2. The fourth-order valence-electron chi connectivity index (χ4n) is 6.44. The number of thioether (sulfide) groups is 2. The van der Waals surface area contributed by atoms with Crippen molar-refractivity contribution in [3.8, 4) is 0 Å². The maximum Gasteiger partial charge on any atom is 0.155 e. The zero-order valence-electron chi connectivity index (χ0n) is 39.7. The second-order valence-electron chi connectivity index (χ2n) is 15.5. The van der Waals surface area contributed by atoms with Gasteiger partial charge in [0.1, 0.15) is 0 Å². The number of aliphatic imine (C=N–C) groups is 6. The molecule has 1 aromatic carbocycles. The molecule has 0 saturated heterocycles. The van der Waals surface area contributed by atoms with Crippen molar-refractivity contribution in [3.05, 3.63) is 94.0 Å². The number of hydrogen-bond donors (Lipinski definition) is 0. The molecule has 4 aliphatic rings. The van der Waals surface area contributed by atoms with Crippen molar-refractivity contribution in [3.63, 3.8) is 0 Å². The minimum atomic E-state index is 0.860. The number of nitrogens with zero attached hydrogens (tertiary/aromatic N) is 7. The first-order chi connectivity index (χ1) is 27.2. The largest absolute Gasteiger partial charge is 0.293 e. The molecule has 0 unspecified atom stereocenters. The van der Waals surface area contributed by atoms with Gasteiger partial charge in [-0.05, 0) is 180 Å². The van der Waals surface area contributed by atoms with Crippen molar-refractivity contribution in [2.24, 2.45) is 34.9 Å². The lowest BCUT2D eigenvalue weighted by Crippen LogP contribution is -2.34. The molecule has 0 atom stereocenters. The van der Waals surface area contributed by atoms with Crippen LogP contribution in [0.25, 0.3) is 6.08 Å². The molecule has 1 aliphatic carbocycles. The number of amidine groups is 2. The van der Waals surface area contributed by atoms with Crippen LogP contribution >= 0.6 is 23.5 Å². The lowest BCUT2D eigenvalue weighted by molar-refractivity contribution is 0.993.